The summed E-state index contributed by atoms with van der Waals surface area (Å²) in [6.07, 6.45) is 5.06. The van der Waals surface area contributed by atoms with Crippen molar-refractivity contribution in [2.24, 2.45) is 5.92 Å². The van der Waals surface area contributed by atoms with Crippen LogP contribution in [-0.4, -0.2) is 19.7 Å². The Balaban J connectivity index is 1.92. The molecule has 1 fully saturated rings. The van der Waals surface area contributed by atoms with Gasteiger partial charge >= 0.3 is 0 Å². The monoisotopic (exact) mass is 267 g/mol. The summed E-state index contributed by atoms with van der Waals surface area (Å²) in [5.41, 5.74) is 1.31. The van der Waals surface area contributed by atoms with E-state index in [0.29, 0.717) is 11.1 Å². The average Bonchev–Trinajstić information content (AvgIpc) is 3.20. The van der Waals surface area contributed by atoms with Crippen LogP contribution in [0.15, 0.2) is 18.2 Å². The summed E-state index contributed by atoms with van der Waals surface area (Å²) >= 11 is 6.03. The first-order valence-corrected chi connectivity index (χ1v) is 7.18. The average molecular weight is 268 g/mol. The second-order valence-corrected chi connectivity index (χ2v) is 5.42. The zero-order valence-corrected chi connectivity index (χ0v) is 12.0. The maximum absolute atomic E-state index is 6.03. The lowest BCUT2D eigenvalue weighted by atomic mass is 10.0. The third kappa shape index (κ3) is 3.63. The first-order valence-electron chi connectivity index (χ1n) is 6.80. The van der Waals surface area contributed by atoms with Crippen LogP contribution in [0.25, 0.3) is 0 Å². The molecular weight excluding hydrogens is 246 g/mol. The summed E-state index contributed by atoms with van der Waals surface area (Å²) in [6, 6.07) is 6.75. The Bertz CT molecular complexity index is 390. The standard InChI is InChI=1S/C15H22ClNO/c1-3-17-14(12-6-7-12)9-5-11-4-8-13(16)15(10-11)18-2/h4,8,10,12,14,17H,3,5-7,9H2,1-2H3. The van der Waals surface area contributed by atoms with Crippen LogP contribution in [-0.2, 0) is 6.42 Å². The normalized spacial score (nSPS) is 16.6. The van der Waals surface area contributed by atoms with E-state index in [2.05, 4.69) is 24.4 Å². The number of aryl methyl sites for hydroxylation is 1. The molecule has 1 aromatic carbocycles. The quantitative estimate of drug-likeness (QED) is 0.814. The fourth-order valence-corrected chi connectivity index (χ4v) is 2.64. The molecule has 1 aliphatic carbocycles. The highest BCUT2D eigenvalue weighted by molar-refractivity contribution is 6.32. The van der Waals surface area contributed by atoms with E-state index in [4.69, 9.17) is 16.3 Å². The maximum Gasteiger partial charge on any atom is 0.137 e. The van der Waals surface area contributed by atoms with Crippen molar-refractivity contribution < 1.29 is 4.74 Å². The van der Waals surface area contributed by atoms with Crippen LogP contribution in [0.5, 0.6) is 5.75 Å². The van der Waals surface area contributed by atoms with Crippen molar-refractivity contribution in [2.45, 2.75) is 38.6 Å². The van der Waals surface area contributed by atoms with Crippen LogP contribution in [0.4, 0.5) is 0 Å². The Morgan fingerprint density at radius 3 is 2.83 bits per heavy atom. The molecule has 3 heteroatoms. The van der Waals surface area contributed by atoms with Gasteiger partial charge in [0.2, 0.25) is 0 Å². The van der Waals surface area contributed by atoms with E-state index < -0.39 is 0 Å². The molecule has 2 nitrogen and oxygen atoms in total. The van der Waals surface area contributed by atoms with Crippen LogP contribution < -0.4 is 10.1 Å². The molecule has 1 unspecified atom stereocenters. The third-order valence-corrected chi connectivity index (χ3v) is 3.93. The van der Waals surface area contributed by atoms with Gasteiger partial charge in [0.05, 0.1) is 12.1 Å². The van der Waals surface area contributed by atoms with Gasteiger partial charge < -0.3 is 10.1 Å². The number of hydrogen-bond acceptors (Lipinski definition) is 2. The molecule has 0 radical (unpaired) electrons. The molecule has 0 heterocycles. The van der Waals surface area contributed by atoms with E-state index in [1.807, 2.05) is 6.07 Å². The van der Waals surface area contributed by atoms with Gasteiger partial charge in [-0.1, -0.05) is 24.6 Å². The summed E-state index contributed by atoms with van der Waals surface area (Å²) in [7, 11) is 1.66. The van der Waals surface area contributed by atoms with E-state index in [1.54, 1.807) is 7.11 Å². The Morgan fingerprint density at radius 1 is 1.44 bits per heavy atom. The minimum Gasteiger partial charge on any atom is -0.495 e. The fourth-order valence-electron chi connectivity index (χ4n) is 2.45. The van der Waals surface area contributed by atoms with E-state index in [9.17, 15) is 0 Å². The van der Waals surface area contributed by atoms with Crippen LogP contribution in [0.1, 0.15) is 31.7 Å². The van der Waals surface area contributed by atoms with Gasteiger partial charge in [-0.3, -0.25) is 0 Å². The zero-order valence-electron chi connectivity index (χ0n) is 11.2. The van der Waals surface area contributed by atoms with E-state index in [1.165, 1.54) is 24.8 Å². The maximum atomic E-state index is 6.03. The summed E-state index contributed by atoms with van der Waals surface area (Å²) < 4.78 is 5.25. The number of ether oxygens (including phenoxy) is 1. The lowest BCUT2D eigenvalue weighted by Gasteiger charge is -2.17. The van der Waals surface area contributed by atoms with Crippen molar-refractivity contribution in [3.05, 3.63) is 28.8 Å². The number of benzene rings is 1. The predicted octanol–water partition coefficient (Wildman–Crippen LogP) is 3.67. The smallest absolute Gasteiger partial charge is 0.137 e. The third-order valence-electron chi connectivity index (χ3n) is 3.62. The van der Waals surface area contributed by atoms with Crippen LogP contribution in [0.2, 0.25) is 5.02 Å². The first kappa shape index (κ1) is 13.7. The molecule has 0 aliphatic heterocycles. The zero-order chi connectivity index (χ0) is 13.0. The number of halogens is 1. The predicted molar refractivity (Wildman–Crippen MR) is 76.5 cm³/mol. The molecule has 100 valence electrons. The van der Waals surface area contributed by atoms with Crippen molar-refractivity contribution in [3.8, 4) is 5.75 Å². The van der Waals surface area contributed by atoms with Crippen LogP contribution in [0.3, 0.4) is 0 Å². The SMILES string of the molecule is CCNC(CCc1ccc(Cl)c(OC)c1)C1CC1. The Morgan fingerprint density at radius 2 is 2.22 bits per heavy atom. The molecular formula is C15H22ClNO. The van der Waals surface area contributed by atoms with Gasteiger partial charge in [0.15, 0.2) is 0 Å². The lowest BCUT2D eigenvalue weighted by molar-refractivity contribution is 0.413. The van der Waals surface area contributed by atoms with Crippen molar-refractivity contribution >= 4 is 11.6 Å². The largest absolute Gasteiger partial charge is 0.495 e. The molecule has 1 aliphatic rings. The Hall–Kier alpha value is -0.730. The number of rotatable bonds is 7. The molecule has 1 N–H and O–H groups in total. The summed E-state index contributed by atoms with van der Waals surface area (Å²) in [6.45, 7) is 3.24. The Kier molecular flexibility index (Phi) is 4.90. The number of hydrogen-bond donors (Lipinski definition) is 1. The van der Waals surface area contributed by atoms with Gasteiger partial charge in [0.1, 0.15) is 5.75 Å². The highest BCUT2D eigenvalue weighted by atomic mass is 35.5. The first-order chi connectivity index (χ1) is 8.74. The Labute approximate surface area is 115 Å². The minimum absolute atomic E-state index is 0.677. The van der Waals surface area contributed by atoms with Crippen molar-refractivity contribution in [1.29, 1.82) is 0 Å². The molecule has 0 amide bonds. The van der Waals surface area contributed by atoms with E-state index >= 15 is 0 Å². The molecule has 0 aromatic heterocycles. The van der Waals surface area contributed by atoms with Gasteiger partial charge in [0, 0.05) is 6.04 Å². The molecule has 1 saturated carbocycles. The van der Waals surface area contributed by atoms with Gasteiger partial charge in [0.25, 0.3) is 0 Å². The molecule has 2 rings (SSSR count). The van der Waals surface area contributed by atoms with Gasteiger partial charge in [-0.05, 0) is 55.8 Å². The topological polar surface area (TPSA) is 21.3 Å². The highest BCUT2D eigenvalue weighted by Crippen LogP contribution is 2.34. The van der Waals surface area contributed by atoms with Crippen molar-refractivity contribution in [2.75, 3.05) is 13.7 Å². The summed E-state index contributed by atoms with van der Waals surface area (Å²) in [5.74, 6) is 1.68. The summed E-state index contributed by atoms with van der Waals surface area (Å²) in [5, 5.41) is 4.28. The van der Waals surface area contributed by atoms with Gasteiger partial charge in [-0.25, -0.2) is 0 Å². The second kappa shape index (κ2) is 6.44. The fraction of sp³-hybridized carbons (Fsp3) is 0.600. The molecule has 0 spiro atoms. The lowest BCUT2D eigenvalue weighted by Crippen LogP contribution is -2.31. The molecule has 18 heavy (non-hydrogen) atoms. The number of methoxy groups -OCH3 is 1. The second-order valence-electron chi connectivity index (χ2n) is 5.01. The van der Waals surface area contributed by atoms with E-state index in [-0.39, 0.29) is 0 Å². The molecule has 0 saturated heterocycles. The minimum atomic E-state index is 0.677. The molecule has 1 aromatic rings. The molecule has 1 atom stereocenters. The van der Waals surface area contributed by atoms with Crippen LogP contribution in [0, 0.1) is 5.92 Å². The van der Waals surface area contributed by atoms with Crippen molar-refractivity contribution in [3.63, 3.8) is 0 Å². The summed E-state index contributed by atoms with van der Waals surface area (Å²) in [4.78, 5) is 0. The van der Waals surface area contributed by atoms with Gasteiger partial charge in [-0.2, -0.15) is 0 Å². The van der Waals surface area contributed by atoms with Gasteiger partial charge in [-0.15, -0.1) is 0 Å². The highest BCUT2D eigenvalue weighted by Gasteiger charge is 2.29. The van der Waals surface area contributed by atoms with E-state index in [0.717, 1.165) is 24.6 Å². The van der Waals surface area contributed by atoms with Crippen molar-refractivity contribution in [1.82, 2.24) is 5.32 Å². The molecule has 0 bridgehead atoms. The van der Waals surface area contributed by atoms with Crippen LogP contribution >= 0.6 is 11.6 Å². The number of nitrogens with one attached hydrogen (secondary N) is 1.